The topological polar surface area (TPSA) is 62.9 Å². The van der Waals surface area contributed by atoms with Gasteiger partial charge >= 0.3 is 6.09 Å². The fourth-order valence-corrected chi connectivity index (χ4v) is 1.79. The van der Waals surface area contributed by atoms with E-state index in [-0.39, 0.29) is 11.5 Å². The van der Waals surface area contributed by atoms with Gasteiger partial charge in [-0.15, -0.1) is 0 Å². The Bertz CT molecular complexity index is 456. The summed E-state index contributed by atoms with van der Waals surface area (Å²) in [5, 5.41) is 9.28. The first-order chi connectivity index (χ1) is 8.39. The minimum Gasteiger partial charge on any atom is -0.493 e. The summed E-state index contributed by atoms with van der Waals surface area (Å²) in [6.45, 7) is 6.35. The van der Waals surface area contributed by atoms with Crippen LogP contribution in [-0.4, -0.2) is 28.7 Å². The molecule has 1 aromatic rings. The van der Waals surface area contributed by atoms with Crippen LogP contribution in [0.4, 0.5) is 4.79 Å². The lowest BCUT2D eigenvalue weighted by atomic mass is 9.88. The zero-order valence-corrected chi connectivity index (χ0v) is 10.7. The summed E-state index contributed by atoms with van der Waals surface area (Å²) in [5.74, 6) is 0.491. The second kappa shape index (κ2) is 4.40. The van der Waals surface area contributed by atoms with Gasteiger partial charge in [0.2, 0.25) is 0 Å². The number of amides is 1. The molecular formula is C13H17NO4. The summed E-state index contributed by atoms with van der Waals surface area (Å²) in [4.78, 5) is 12.6. The van der Waals surface area contributed by atoms with Gasteiger partial charge in [0.25, 0.3) is 0 Å². The molecule has 0 aromatic carbocycles. The summed E-state index contributed by atoms with van der Waals surface area (Å²) < 4.78 is 10.9. The molecule has 0 saturated heterocycles. The molecule has 0 spiro atoms. The molecule has 1 atom stereocenters. The highest BCUT2D eigenvalue weighted by Gasteiger charge is 2.35. The summed E-state index contributed by atoms with van der Waals surface area (Å²) >= 11 is 0. The van der Waals surface area contributed by atoms with Crippen molar-refractivity contribution in [2.45, 2.75) is 26.9 Å². The van der Waals surface area contributed by atoms with E-state index in [0.29, 0.717) is 18.0 Å². The van der Waals surface area contributed by atoms with Crippen molar-refractivity contribution >= 4 is 11.8 Å². The highest BCUT2D eigenvalue weighted by atomic mass is 16.5. The van der Waals surface area contributed by atoms with Crippen molar-refractivity contribution in [3.8, 4) is 0 Å². The van der Waals surface area contributed by atoms with Crippen LogP contribution in [0.2, 0.25) is 0 Å². The van der Waals surface area contributed by atoms with Crippen LogP contribution in [0.25, 0.3) is 5.70 Å². The molecule has 0 radical (unpaired) electrons. The van der Waals surface area contributed by atoms with Crippen molar-refractivity contribution in [1.29, 1.82) is 0 Å². The standard InChI is InChI=1S/C13H17NO4/c1-13(2,3)11-7-14(12(15)16)9(8-18-11)10-5-4-6-17-10/h4-6,8,11H,7H2,1-3H3,(H,15,16). The summed E-state index contributed by atoms with van der Waals surface area (Å²) in [6, 6.07) is 3.43. The summed E-state index contributed by atoms with van der Waals surface area (Å²) in [6.07, 6.45) is 1.79. The molecule has 2 heterocycles. The highest BCUT2D eigenvalue weighted by molar-refractivity contribution is 5.79. The second-order valence-corrected chi connectivity index (χ2v) is 5.36. The van der Waals surface area contributed by atoms with Gasteiger partial charge in [-0.2, -0.15) is 0 Å². The largest absolute Gasteiger partial charge is 0.493 e. The van der Waals surface area contributed by atoms with E-state index < -0.39 is 6.09 Å². The smallest absolute Gasteiger partial charge is 0.412 e. The van der Waals surface area contributed by atoms with Gasteiger partial charge in [0.1, 0.15) is 18.1 Å². The molecule has 18 heavy (non-hydrogen) atoms. The number of nitrogens with zero attached hydrogens (tertiary/aromatic N) is 1. The van der Waals surface area contributed by atoms with Crippen LogP contribution in [0.3, 0.4) is 0 Å². The van der Waals surface area contributed by atoms with Gasteiger partial charge < -0.3 is 14.3 Å². The van der Waals surface area contributed by atoms with Crippen LogP contribution in [0, 0.1) is 5.41 Å². The Hall–Kier alpha value is -1.91. The third kappa shape index (κ3) is 2.34. The third-order valence-electron chi connectivity index (χ3n) is 2.95. The van der Waals surface area contributed by atoms with E-state index in [9.17, 15) is 9.90 Å². The van der Waals surface area contributed by atoms with E-state index in [0.717, 1.165) is 0 Å². The molecule has 5 heteroatoms. The van der Waals surface area contributed by atoms with Crippen molar-refractivity contribution < 1.29 is 19.1 Å². The van der Waals surface area contributed by atoms with Crippen LogP contribution in [-0.2, 0) is 4.74 Å². The maximum Gasteiger partial charge on any atom is 0.412 e. The Labute approximate surface area is 106 Å². The van der Waals surface area contributed by atoms with Crippen molar-refractivity contribution in [1.82, 2.24) is 4.90 Å². The van der Waals surface area contributed by atoms with Gasteiger partial charge in [0.05, 0.1) is 12.8 Å². The predicted molar refractivity (Wildman–Crippen MR) is 65.7 cm³/mol. The van der Waals surface area contributed by atoms with Gasteiger partial charge in [0, 0.05) is 5.41 Å². The molecule has 0 bridgehead atoms. The van der Waals surface area contributed by atoms with Crippen LogP contribution in [0.5, 0.6) is 0 Å². The number of furan rings is 1. The summed E-state index contributed by atoms with van der Waals surface area (Å²) in [5.41, 5.74) is 0.312. The van der Waals surface area contributed by atoms with Gasteiger partial charge in [-0.05, 0) is 12.1 Å². The van der Waals surface area contributed by atoms with E-state index in [4.69, 9.17) is 9.15 Å². The Morgan fingerprint density at radius 1 is 1.50 bits per heavy atom. The minimum atomic E-state index is -1.00. The Morgan fingerprint density at radius 2 is 2.22 bits per heavy atom. The molecule has 1 aliphatic heterocycles. The normalized spacial score (nSPS) is 20.3. The number of hydrogen-bond acceptors (Lipinski definition) is 3. The maximum absolute atomic E-state index is 11.3. The lowest BCUT2D eigenvalue weighted by Gasteiger charge is -2.37. The highest BCUT2D eigenvalue weighted by Crippen LogP contribution is 2.31. The zero-order valence-electron chi connectivity index (χ0n) is 10.7. The van der Waals surface area contributed by atoms with Crippen LogP contribution in [0.15, 0.2) is 29.1 Å². The molecule has 1 unspecified atom stereocenters. The SMILES string of the molecule is CC(C)(C)C1CN(C(=O)O)C(c2ccco2)=CO1. The monoisotopic (exact) mass is 251 g/mol. The Morgan fingerprint density at radius 3 is 2.72 bits per heavy atom. The molecule has 0 fully saturated rings. The summed E-state index contributed by atoms with van der Waals surface area (Å²) in [7, 11) is 0. The van der Waals surface area contributed by atoms with E-state index in [1.54, 1.807) is 12.1 Å². The quantitative estimate of drug-likeness (QED) is 0.833. The van der Waals surface area contributed by atoms with Gasteiger partial charge in [-0.1, -0.05) is 20.8 Å². The first-order valence-corrected chi connectivity index (χ1v) is 5.79. The lowest BCUT2D eigenvalue weighted by molar-refractivity contribution is 0.0137. The Balaban J connectivity index is 2.30. The van der Waals surface area contributed by atoms with E-state index in [1.807, 2.05) is 20.8 Å². The molecule has 0 saturated carbocycles. The molecule has 2 rings (SSSR count). The molecular weight excluding hydrogens is 234 g/mol. The first kappa shape index (κ1) is 12.5. The van der Waals surface area contributed by atoms with Crippen molar-refractivity contribution in [2.24, 2.45) is 5.41 Å². The van der Waals surface area contributed by atoms with E-state index in [1.165, 1.54) is 17.4 Å². The van der Waals surface area contributed by atoms with E-state index in [2.05, 4.69) is 0 Å². The zero-order chi connectivity index (χ0) is 13.3. The number of hydrogen-bond donors (Lipinski definition) is 1. The number of carboxylic acid groups (broad SMARTS) is 1. The number of rotatable bonds is 1. The predicted octanol–water partition coefficient (Wildman–Crippen LogP) is 3.00. The van der Waals surface area contributed by atoms with E-state index >= 15 is 0 Å². The molecule has 1 N–H and O–H groups in total. The van der Waals surface area contributed by atoms with Crippen LogP contribution >= 0.6 is 0 Å². The molecule has 5 nitrogen and oxygen atoms in total. The molecule has 1 aromatic heterocycles. The molecule has 0 aliphatic carbocycles. The maximum atomic E-state index is 11.3. The molecule has 1 amide bonds. The lowest BCUT2D eigenvalue weighted by Crippen LogP contribution is -2.44. The fraction of sp³-hybridized carbons (Fsp3) is 0.462. The number of carbonyl (C=O) groups is 1. The molecule has 98 valence electrons. The van der Waals surface area contributed by atoms with Gasteiger partial charge in [-0.25, -0.2) is 4.79 Å². The van der Waals surface area contributed by atoms with Gasteiger partial charge in [-0.3, -0.25) is 4.90 Å². The van der Waals surface area contributed by atoms with Crippen molar-refractivity contribution in [2.75, 3.05) is 6.54 Å². The van der Waals surface area contributed by atoms with Gasteiger partial charge in [0.15, 0.2) is 5.76 Å². The molecule has 1 aliphatic rings. The number of ether oxygens (including phenoxy) is 1. The average Bonchev–Trinajstić information content (AvgIpc) is 2.80. The third-order valence-corrected chi connectivity index (χ3v) is 2.95. The Kier molecular flexibility index (Phi) is 3.07. The fourth-order valence-electron chi connectivity index (χ4n) is 1.79. The van der Waals surface area contributed by atoms with Crippen LogP contribution < -0.4 is 0 Å². The first-order valence-electron chi connectivity index (χ1n) is 5.79. The average molecular weight is 251 g/mol. The van der Waals surface area contributed by atoms with Crippen molar-refractivity contribution in [3.05, 3.63) is 30.4 Å². The van der Waals surface area contributed by atoms with Crippen molar-refractivity contribution in [3.63, 3.8) is 0 Å². The second-order valence-electron chi connectivity index (χ2n) is 5.36. The minimum absolute atomic E-state index is 0.126. The van der Waals surface area contributed by atoms with Crippen LogP contribution in [0.1, 0.15) is 26.5 Å².